The number of carbonyl (C=O) groups is 1. The zero-order chi connectivity index (χ0) is 16.2. The van der Waals surface area contributed by atoms with Crippen molar-refractivity contribution in [3.63, 3.8) is 0 Å². The molecule has 0 spiro atoms. The van der Waals surface area contributed by atoms with Crippen molar-refractivity contribution in [1.82, 2.24) is 0 Å². The van der Waals surface area contributed by atoms with Crippen LogP contribution < -0.4 is 0 Å². The Morgan fingerprint density at radius 1 is 1.18 bits per heavy atom. The van der Waals surface area contributed by atoms with Gasteiger partial charge < -0.3 is 9.47 Å². The summed E-state index contributed by atoms with van der Waals surface area (Å²) in [6.45, 7) is -3.26. The van der Waals surface area contributed by atoms with Gasteiger partial charge in [-0.1, -0.05) is 11.6 Å². The van der Waals surface area contributed by atoms with Crippen LogP contribution in [-0.2, 0) is 15.9 Å². The molecule has 0 radical (unpaired) electrons. The molecule has 7 heteroatoms. The lowest BCUT2D eigenvalue weighted by atomic mass is 9.83. The third-order valence-electron chi connectivity index (χ3n) is 3.63. The molecule has 1 heterocycles. The minimum atomic E-state index is -2.27. The maximum atomic E-state index is 13.0. The second-order valence-electron chi connectivity index (χ2n) is 5.19. The maximum absolute atomic E-state index is 13.0. The van der Waals surface area contributed by atoms with E-state index in [1.165, 1.54) is 18.2 Å². The van der Waals surface area contributed by atoms with Gasteiger partial charge in [-0.2, -0.15) is 0 Å². The van der Waals surface area contributed by atoms with Gasteiger partial charge in [0, 0.05) is 17.0 Å². The van der Waals surface area contributed by atoms with Crippen molar-refractivity contribution in [2.24, 2.45) is 5.41 Å². The van der Waals surface area contributed by atoms with Gasteiger partial charge in [0.2, 0.25) is 0 Å². The van der Waals surface area contributed by atoms with Gasteiger partial charge in [-0.15, -0.1) is 0 Å². The number of hydrogen-bond acceptors (Lipinski definition) is 3. The number of carbonyl (C=O) groups excluding carboxylic acids is 1. The molecule has 22 heavy (non-hydrogen) atoms. The van der Waals surface area contributed by atoms with Gasteiger partial charge in [-0.25, -0.2) is 13.2 Å². The fraction of sp³-hybridized carbons (Fsp3) is 0.533. The summed E-state index contributed by atoms with van der Waals surface area (Å²) in [5.41, 5.74) is -1.71. The average molecular weight is 337 g/mol. The topological polar surface area (TPSA) is 35.5 Å². The predicted molar refractivity (Wildman–Crippen MR) is 75.5 cm³/mol. The quantitative estimate of drug-likeness (QED) is 0.716. The molecule has 0 aliphatic carbocycles. The Morgan fingerprint density at radius 2 is 1.77 bits per heavy atom. The number of ether oxygens (including phenoxy) is 2. The number of halogens is 4. The molecule has 1 fully saturated rings. The van der Waals surface area contributed by atoms with Crippen LogP contribution >= 0.6 is 11.6 Å². The minimum Gasteiger partial charge on any atom is -0.350 e. The van der Waals surface area contributed by atoms with Crippen LogP contribution in [0.5, 0.6) is 0 Å². The van der Waals surface area contributed by atoms with E-state index in [9.17, 15) is 18.0 Å². The van der Waals surface area contributed by atoms with E-state index in [0.29, 0.717) is 30.2 Å². The highest BCUT2D eigenvalue weighted by Crippen LogP contribution is 2.29. The van der Waals surface area contributed by atoms with Crippen molar-refractivity contribution in [2.45, 2.75) is 12.7 Å². The number of hydrogen-bond donors (Lipinski definition) is 0. The standard InChI is InChI=1S/C15H16ClF3O3/c16-12-2-1-10(14(20)15(7-17,8-18)9-19)5-11(12)6-13-21-3-4-22-13/h1-2,5,13H,3-4,6-9H2. The molecule has 122 valence electrons. The first kappa shape index (κ1) is 17.2. The van der Waals surface area contributed by atoms with Gasteiger partial charge in [-0.3, -0.25) is 4.79 Å². The van der Waals surface area contributed by atoms with Crippen LogP contribution in [0.15, 0.2) is 18.2 Å². The molecule has 1 aliphatic heterocycles. The van der Waals surface area contributed by atoms with E-state index in [-0.39, 0.29) is 5.56 Å². The molecule has 0 N–H and O–H groups in total. The van der Waals surface area contributed by atoms with Crippen LogP contribution in [0.2, 0.25) is 5.02 Å². The molecule has 1 aromatic carbocycles. The fourth-order valence-corrected chi connectivity index (χ4v) is 2.37. The number of benzene rings is 1. The van der Waals surface area contributed by atoms with Crippen LogP contribution in [0.25, 0.3) is 0 Å². The van der Waals surface area contributed by atoms with Crippen molar-refractivity contribution >= 4 is 17.4 Å². The fourth-order valence-electron chi connectivity index (χ4n) is 2.17. The second-order valence-corrected chi connectivity index (χ2v) is 5.60. The summed E-state index contributed by atoms with van der Waals surface area (Å²) in [5, 5.41) is 0.377. The zero-order valence-corrected chi connectivity index (χ0v) is 12.5. The minimum absolute atomic E-state index is 0.0188. The molecule has 1 saturated heterocycles. The Kier molecular flexibility index (Phi) is 5.83. The van der Waals surface area contributed by atoms with E-state index in [4.69, 9.17) is 21.1 Å². The first-order chi connectivity index (χ1) is 10.6. The van der Waals surface area contributed by atoms with E-state index >= 15 is 0 Å². The summed E-state index contributed by atoms with van der Waals surface area (Å²) in [4.78, 5) is 12.2. The lowest BCUT2D eigenvalue weighted by molar-refractivity contribution is -0.0400. The van der Waals surface area contributed by atoms with Crippen molar-refractivity contribution in [3.05, 3.63) is 34.3 Å². The van der Waals surface area contributed by atoms with Gasteiger partial charge in [0.05, 0.1) is 13.2 Å². The molecule has 0 amide bonds. The van der Waals surface area contributed by atoms with Crippen molar-refractivity contribution < 1.29 is 27.4 Å². The summed E-state index contributed by atoms with van der Waals surface area (Å²) in [6.07, 6.45) is -0.176. The molecule has 1 aromatic rings. The van der Waals surface area contributed by atoms with Gasteiger partial charge in [0.15, 0.2) is 12.1 Å². The molecule has 0 aromatic heterocycles. The first-order valence-electron chi connectivity index (χ1n) is 6.80. The van der Waals surface area contributed by atoms with E-state index < -0.39 is 37.5 Å². The summed E-state index contributed by atoms with van der Waals surface area (Å²) in [7, 11) is 0. The molecule has 3 nitrogen and oxygen atoms in total. The molecular formula is C15H16ClF3O3. The molecule has 0 bridgehead atoms. The molecule has 1 aliphatic rings. The monoisotopic (exact) mass is 336 g/mol. The van der Waals surface area contributed by atoms with Crippen LogP contribution in [0.1, 0.15) is 15.9 Å². The Morgan fingerprint density at radius 3 is 2.32 bits per heavy atom. The van der Waals surface area contributed by atoms with Crippen molar-refractivity contribution in [2.75, 3.05) is 33.2 Å². The molecule has 0 atom stereocenters. The lowest BCUT2D eigenvalue weighted by Crippen LogP contribution is -2.38. The maximum Gasteiger partial charge on any atom is 0.176 e. The normalized spacial score (nSPS) is 16.2. The number of alkyl halides is 3. The SMILES string of the molecule is O=C(c1ccc(Cl)c(CC2OCCO2)c1)C(CF)(CF)CF. The highest BCUT2D eigenvalue weighted by Gasteiger charge is 2.40. The summed E-state index contributed by atoms with van der Waals surface area (Å²) in [6, 6.07) is 4.18. The highest BCUT2D eigenvalue weighted by molar-refractivity contribution is 6.31. The lowest BCUT2D eigenvalue weighted by Gasteiger charge is -2.23. The van der Waals surface area contributed by atoms with Crippen molar-refractivity contribution in [3.8, 4) is 0 Å². The highest BCUT2D eigenvalue weighted by atomic mass is 35.5. The Hall–Kier alpha value is -1.11. The Bertz CT molecular complexity index is 520. The summed E-state index contributed by atoms with van der Waals surface area (Å²) < 4.78 is 49.6. The second kappa shape index (κ2) is 7.44. The van der Waals surface area contributed by atoms with Gasteiger partial charge in [-0.05, 0) is 23.8 Å². The number of rotatable bonds is 7. The summed E-state index contributed by atoms with van der Waals surface area (Å²) >= 11 is 6.05. The van der Waals surface area contributed by atoms with Crippen LogP contribution in [0.4, 0.5) is 13.2 Å². The average Bonchev–Trinajstić information content (AvgIpc) is 3.04. The molecular weight excluding hydrogens is 321 g/mol. The van der Waals surface area contributed by atoms with Gasteiger partial charge in [0.25, 0.3) is 0 Å². The summed E-state index contributed by atoms with van der Waals surface area (Å²) in [5.74, 6) is -0.911. The van der Waals surface area contributed by atoms with Crippen LogP contribution in [0.3, 0.4) is 0 Å². The van der Waals surface area contributed by atoms with E-state index in [2.05, 4.69) is 0 Å². The van der Waals surface area contributed by atoms with E-state index in [1.807, 2.05) is 0 Å². The van der Waals surface area contributed by atoms with Gasteiger partial charge in [0.1, 0.15) is 25.4 Å². The van der Waals surface area contributed by atoms with E-state index in [1.54, 1.807) is 0 Å². The third kappa shape index (κ3) is 3.45. The predicted octanol–water partition coefficient (Wildman–Crippen LogP) is 3.33. The zero-order valence-electron chi connectivity index (χ0n) is 11.8. The van der Waals surface area contributed by atoms with Crippen LogP contribution in [0, 0.1) is 5.41 Å². The van der Waals surface area contributed by atoms with Gasteiger partial charge >= 0.3 is 0 Å². The van der Waals surface area contributed by atoms with Crippen LogP contribution in [-0.4, -0.2) is 45.3 Å². The molecule has 0 saturated carbocycles. The molecule has 0 unspecified atom stereocenters. The van der Waals surface area contributed by atoms with E-state index in [0.717, 1.165) is 0 Å². The Labute approximate surface area is 131 Å². The largest absolute Gasteiger partial charge is 0.350 e. The number of ketones is 1. The smallest absolute Gasteiger partial charge is 0.176 e. The first-order valence-corrected chi connectivity index (χ1v) is 7.18. The third-order valence-corrected chi connectivity index (χ3v) is 4.00. The number of Topliss-reactive ketones (excluding diaryl/α,β-unsaturated/α-hetero) is 1. The molecule has 2 rings (SSSR count). The Balaban J connectivity index is 2.25. The van der Waals surface area contributed by atoms with Crippen molar-refractivity contribution in [1.29, 1.82) is 0 Å².